The zero-order chi connectivity index (χ0) is 8.67. The van der Waals surface area contributed by atoms with Gasteiger partial charge in [-0.25, -0.2) is 4.98 Å². The molecule has 1 N–H and O–H groups in total. The summed E-state index contributed by atoms with van der Waals surface area (Å²) in [6, 6.07) is 2.57. The molecule has 1 fully saturated rings. The Balaban J connectivity index is 2.09. The lowest BCUT2D eigenvalue weighted by Crippen LogP contribution is -2.05. The van der Waals surface area contributed by atoms with E-state index in [-0.39, 0.29) is 0 Å². The van der Waals surface area contributed by atoms with Gasteiger partial charge in [-0.3, -0.25) is 4.40 Å². The van der Waals surface area contributed by atoms with Crippen LogP contribution < -0.4 is 5.32 Å². The molecule has 66 valence electrons. The molecule has 0 aliphatic heterocycles. The Bertz CT molecular complexity index is 431. The quantitative estimate of drug-likeness (QED) is 0.729. The van der Waals surface area contributed by atoms with Crippen LogP contribution in [0.25, 0.3) is 5.78 Å². The molecule has 1 aliphatic carbocycles. The lowest BCUT2D eigenvalue weighted by molar-refractivity contribution is 1.04. The van der Waals surface area contributed by atoms with Gasteiger partial charge in [-0.1, -0.05) is 0 Å². The fourth-order valence-corrected chi connectivity index (χ4v) is 1.30. The minimum atomic E-state index is 0.632. The Kier molecular flexibility index (Phi) is 1.27. The third-order valence-corrected chi connectivity index (χ3v) is 2.14. The van der Waals surface area contributed by atoms with E-state index in [1.54, 1.807) is 12.5 Å². The van der Waals surface area contributed by atoms with Gasteiger partial charge in [0.1, 0.15) is 12.1 Å². The largest absolute Gasteiger partial charge is 0.368 e. The molecule has 5 nitrogen and oxygen atoms in total. The molecule has 2 aromatic heterocycles. The molecule has 0 spiro atoms. The first-order valence-corrected chi connectivity index (χ1v) is 4.35. The van der Waals surface area contributed by atoms with Crippen LogP contribution in [0.4, 0.5) is 5.82 Å². The van der Waals surface area contributed by atoms with Crippen molar-refractivity contribution < 1.29 is 0 Å². The van der Waals surface area contributed by atoms with Crippen LogP contribution in [0.3, 0.4) is 0 Å². The standard InChI is InChI=1S/C8H9N5/c1-2-6(1)11-7-3-4-9-8-12-10-5-13(7)8/h3-6,11H,1-2H2. The lowest BCUT2D eigenvalue weighted by atomic mass is 10.5. The van der Waals surface area contributed by atoms with Gasteiger partial charge in [-0.15, -0.1) is 10.2 Å². The highest BCUT2D eigenvalue weighted by atomic mass is 15.3. The molecule has 0 unspecified atom stereocenters. The molecule has 0 atom stereocenters. The van der Waals surface area contributed by atoms with Crippen molar-refractivity contribution in [2.45, 2.75) is 18.9 Å². The van der Waals surface area contributed by atoms with Crippen LogP contribution in [0, 0.1) is 0 Å². The van der Waals surface area contributed by atoms with Gasteiger partial charge in [0, 0.05) is 12.2 Å². The first kappa shape index (κ1) is 6.82. The van der Waals surface area contributed by atoms with Crippen LogP contribution in [0.2, 0.25) is 0 Å². The SMILES string of the molecule is c1cc(NC2CC2)n2cnnc2n1. The topological polar surface area (TPSA) is 55.1 Å². The number of hydrogen-bond acceptors (Lipinski definition) is 4. The maximum absolute atomic E-state index is 4.08. The molecular weight excluding hydrogens is 166 g/mol. The fraction of sp³-hybridized carbons (Fsp3) is 0.375. The highest BCUT2D eigenvalue weighted by Crippen LogP contribution is 2.24. The second-order valence-corrected chi connectivity index (χ2v) is 3.25. The van der Waals surface area contributed by atoms with Gasteiger partial charge in [0.2, 0.25) is 0 Å². The second kappa shape index (κ2) is 2.42. The van der Waals surface area contributed by atoms with Crippen molar-refractivity contribution in [2.24, 2.45) is 0 Å². The van der Waals surface area contributed by atoms with E-state index in [0.29, 0.717) is 11.8 Å². The number of hydrogen-bond donors (Lipinski definition) is 1. The van der Waals surface area contributed by atoms with Gasteiger partial charge in [-0.2, -0.15) is 0 Å². The third kappa shape index (κ3) is 1.12. The molecule has 1 saturated carbocycles. The Morgan fingerprint density at radius 2 is 2.38 bits per heavy atom. The molecule has 0 radical (unpaired) electrons. The van der Waals surface area contributed by atoms with Gasteiger partial charge in [0.25, 0.3) is 5.78 Å². The summed E-state index contributed by atoms with van der Waals surface area (Å²) in [5, 5.41) is 11.1. The summed E-state index contributed by atoms with van der Waals surface area (Å²) in [7, 11) is 0. The Morgan fingerprint density at radius 1 is 1.46 bits per heavy atom. The van der Waals surface area contributed by atoms with Crippen molar-refractivity contribution in [3.63, 3.8) is 0 Å². The predicted molar refractivity (Wildman–Crippen MR) is 47.4 cm³/mol. The van der Waals surface area contributed by atoms with Crippen molar-refractivity contribution in [1.82, 2.24) is 19.6 Å². The maximum Gasteiger partial charge on any atom is 0.256 e. The molecule has 2 heterocycles. The van der Waals surface area contributed by atoms with E-state index >= 15 is 0 Å². The lowest BCUT2D eigenvalue weighted by Gasteiger charge is -2.04. The van der Waals surface area contributed by atoms with Crippen LogP contribution in [-0.4, -0.2) is 25.6 Å². The molecule has 3 rings (SSSR count). The van der Waals surface area contributed by atoms with Gasteiger partial charge < -0.3 is 5.32 Å². The molecule has 0 aromatic carbocycles. The molecule has 5 heteroatoms. The molecule has 1 aliphatic rings. The van der Waals surface area contributed by atoms with Crippen molar-refractivity contribution in [3.05, 3.63) is 18.6 Å². The van der Waals surface area contributed by atoms with Crippen LogP contribution in [0.1, 0.15) is 12.8 Å². The average molecular weight is 175 g/mol. The van der Waals surface area contributed by atoms with Crippen molar-refractivity contribution >= 4 is 11.6 Å². The molecule has 0 saturated heterocycles. The zero-order valence-corrected chi connectivity index (χ0v) is 7.01. The number of nitrogens with zero attached hydrogens (tertiary/aromatic N) is 4. The van der Waals surface area contributed by atoms with Gasteiger partial charge in [-0.05, 0) is 18.9 Å². The van der Waals surface area contributed by atoms with E-state index in [0.717, 1.165) is 5.82 Å². The molecular formula is C8H9N5. The van der Waals surface area contributed by atoms with E-state index in [9.17, 15) is 0 Å². The predicted octanol–water partition coefficient (Wildman–Crippen LogP) is 0.699. The van der Waals surface area contributed by atoms with Crippen LogP contribution in [-0.2, 0) is 0 Å². The molecule has 0 amide bonds. The van der Waals surface area contributed by atoms with Crippen molar-refractivity contribution in [2.75, 3.05) is 5.32 Å². The highest BCUT2D eigenvalue weighted by Gasteiger charge is 2.21. The normalized spacial score (nSPS) is 16.3. The monoisotopic (exact) mass is 175 g/mol. The van der Waals surface area contributed by atoms with Gasteiger partial charge in [0.05, 0.1) is 0 Å². The van der Waals surface area contributed by atoms with E-state index in [2.05, 4.69) is 20.5 Å². The third-order valence-electron chi connectivity index (χ3n) is 2.14. The number of anilines is 1. The van der Waals surface area contributed by atoms with Crippen LogP contribution >= 0.6 is 0 Å². The summed E-state index contributed by atoms with van der Waals surface area (Å²) in [5.74, 6) is 1.67. The summed E-state index contributed by atoms with van der Waals surface area (Å²) >= 11 is 0. The van der Waals surface area contributed by atoms with Gasteiger partial charge >= 0.3 is 0 Å². The van der Waals surface area contributed by atoms with Crippen molar-refractivity contribution in [1.29, 1.82) is 0 Å². The number of rotatable bonds is 2. The Morgan fingerprint density at radius 3 is 3.23 bits per heavy atom. The van der Waals surface area contributed by atoms with Crippen LogP contribution in [0.15, 0.2) is 18.6 Å². The minimum absolute atomic E-state index is 0.632. The summed E-state index contributed by atoms with van der Waals surface area (Å²) in [5.41, 5.74) is 0. The summed E-state index contributed by atoms with van der Waals surface area (Å²) in [6.45, 7) is 0. The molecule has 2 aromatic rings. The van der Waals surface area contributed by atoms with E-state index in [1.807, 2.05) is 10.5 Å². The molecule has 0 bridgehead atoms. The maximum atomic E-state index is 4.08. The second-order valence-electron chi connectivity index (χ2n) is 3.25. The summed E-state index contributed by atoms with van der Waals surface area (Å²) in [4.78, 5) is 4.08. The fourth-order valence-electron chi connectivity index (χ4n) is 1.30. The zero-order valence-electron chi connectivity index (χ0n) is 7.01. The van der Waals surface area contributed by atoms with Crippen molar-refractivity contribution in [3.8, 4) is 0 Å². The average Bonchev–Trinajstić information content (AvgIpc) is 2.83. The number of fused-ring (bicyclic) bond motifs is 1. The Hall–Kier alpha value is -1.65. The summed E-state index contributed by atoms with van der Waals surface area (Å²) < 4.78 is 1.86. The van der Waals surface area contributed by atoms with E-state index < -0.39 is 0 Å². The number of aromatic nitrogens is 4. The highest BCUT2D eigenvalue weighted by molar-refractivity contribution is 5.44. The van der Waals surface area contributed by atoms with Gasteiger partial charge in [0.15, 0.2) is 0 Å². The minimum Gasteiger partial charge on any atom is -0.368 e. The Labute approximate surface area is 74.8 Å². The summed E-state index contributed by atoms with van der Waals surface area (Å²) in [6.07, 6.45) is 5.93. The van der Waals surface area contributed by atoms with E-state index in [1.165, 1.54) is 12.8 Å². The first-order chi connectivity index (χ1) is 6.43. The van der Waals surface area contributed by atoms with Crippen LogP contribution in [0.5, 0.6) is 0 Å². The van der Waals surface area contributed by atoms with E-state index in [4.69, 9.17) is 0 Å². The number of nitrogens with one attached hydrogen (secondary N) is 1. The smallest absolute Gasteiger partial charge is 0.256 e. The first-order valence-electron chi connectivity index (χ1n) is 4.35. The molecule has 13 heavy (non-hydrogen) atoms.